The van der Waals surface area contributed by atoms with Crippen LogP contribution < -0.4 is 14.2 Å². The van der Waals surface area contributed by atoms with Crippen molar-refractivity contribution < 1.29 is 24.1 Å². The summed E-state index contributed by atoms with van der Waals surface area (Å²) in [5.41, 5.74) is 1.97. The van der Waals surface area contributed by atoms with Crippen molar-refractivity contribution >= 4 is 11.9 Å². The Labute approximate surface area is 196 Å². The second kappa shape index (κ2) is 7.49. The number of aliphatic hydroxyl groups excluding tert-OH is 1. The molecule has 0 saturated heterocycles. The number of ketones is 1. The first-order valence-corrected chi connectivity index (χ1v) is 12.7. The molecule has 178 valence electrons. The molecule has 0 amide bonds. The average molecular weight is 453 g/mol. The molecule has 33 heavy (non-hydrogen) atoms. The Morgan fingerprint density at radius 1 is 1.09 bits per heavy atom. The predicted octanol–water partition coefficient (Wildman–Crippen LogP) is 5.39. The van der Waals surface area contributed by atoms with Gasteiger partial charge in [-0.3, -0.25) is 4.79 Å². The Morgan fingerprint density at radius 2 is 1.94 bits per heavy atom. The van der Waals surface area contributed by atoms with Crippen LogP contribution >= 0.6 is 0 Å². The number of aliphatic hydroxyl groups is 1. The van der Waals surface area contributed by atoms with E-state index in [2.05, 4.69) is 19.9 Å². The van der Waals surface area contributed by atoms with Crippen molar-refractivity contribution in [2.45, 2.75) is 71.3 Å². The molecule has 5 aliphatic rings. The molecule has 5 nitrogen and oxygen atoms in total. The van der Waals surface area contributed by atoms with Gasteiger partial charge in [0.25, 0.3) is 0 Å². The van der Waals surface area contributed by atoms with Crippen molar-refractivity contribution in [2.24, 2.45) is 34.5 Å². The predicted molar refractivity (Wildman–Crippen MR) is 125 cm³/mol. The Morgan fingerprint density at radius 3 is 2.76 bits per heavy atom. The molecule has 4 fully saturated rings. The Bertz CT molecular complexity index is 1010. The van der Waals surface area contributed by atoms with Crippen molar-refractivity contribution in [3.05, 3.63) is 23.3 Å². The van der Waals surface area contributed by atoms with E-state index in [4.69, 9.17) is 14.2 Å². The second-order valence-electron chi connectivity index (χ2n) is 11.7. The first kappa shape index (κ1) is 21.5. The quantitative estimate of drug-likeness (QED) is 0.610. The van der Waals surface area contributed by atoms with Gasteiger partial charge in [0.15, 0.2) is 17.3 Å². The minimum absolute atomic E-state index is 0.116. The van der Waals surface area contributed by atoms with Gasteiger partial charge >= 0.3 is 0 Å². The molecule has 4 saturated carbocycles. The monoisotopic (exact) mass is 452 g/mol. The van der Waals surface area contributed by atoms with Crippen molar-refractivity contribution in [1.29, 1.82) is 0 Å². The molecule has 0 radical (unpaired) electrons. The molecule has 1 N–H and O–H groups in total. The van der Waals surface area contributed by atoms with Crippen LogP contribution in [0.5, 0.6) is 17.2 Å². The van der Waals surface area contributed by atoms with Crippen molar-refractivity contribution in [3.63, 3.8) is 0 Å². The molecule has 0 bridgehead atoms. The van der Waals surface area contributed by atoms with Crippen LogP contribution in [0.2, 0.25) is 0 Å². The van der Waals surface area contributed by atoms with Gasteiger partial charge < -0.3 is 19.3 Å². The molecular formula is C28H36O5. The molecule has 1 aromatic carbocycles. The van der Waals surface area contributed by atoms with E-state index < -0.39 is 0 Å². The van der Waals surface area contributed by atoms with Crippen LogP contribution in [0, 0.1) is 34.5 Å². The molecule has 1 heterocycles. The first-order valence-electron chi connectivity index (χ1n) is 12.7. The summed E-state index contributed by atoms with van der Waals surface area (Å²) in [5.74, 6) is 4.67. The lowest BCUT2D eigenvalue weighted by Gasteiger charge is -2.59. The van der Waals surface area contributed by atoms with Gasteiger partial charge in [-0.15, -0.1) is 0 Å². The Hall–Kier alpha value is -2.01. The van der Waals surface area contributed by atoms with Crippen LogP contribution in [-0.4, -0.2) is 30.9 Å². The van der Waals surface area contributed by atoms with Gasteiger partial charge in [0.2, 0.25) is 12.5 Å². The van der Waals surface area contributed by atoms with Crippen LogP contribution in [-0.2, 0) is 4.79 Å². The number of hydrogen-bond acceptors (Lipinski definition) is 5. The zero-order valence-corrected chi connectivity index (χ0v) is 20.1. The number of fused-ring (bicyclic) bond motifs is 6. The summed E-state index contributed by atoms with van der Waals surface area (Å²) >= 11 is 0. The van der Waals surface area contributed by atoms with Crippen LogP contribution in [0.3, 0.4) is 0 Å². The average Bonchev–Trinajstić information content (AvgIpc) is 3.37. The molecule has 4 aliphatic carbocycles. The maximum atomic E-state index is 13.7. The van der Waals surface area contributed by atoms with Crippen LogP contribution in [0.25, 0.3) is 6.08 Å². The van der Waals surface area contributed by atoms with E-state index in [1.54, 1.807) is 7.11 Å². The van der Waals surface area contributed by atoms with Crippen LogP contribution in [0.15, 0.2) is 17.7 Å². The van der Waals surface area contributed by atoms with E-state index >= 15 is 0 Å². The molecule has 1 aliphatic heterocycles. The highest BCUT2D eigenvalue weighted by Crippen LogP contribution is 2.66. The number of rotatable bonds is 2. The van der Waals surface area contributed by atoms with Gasteiger partial charge in [0, 0.05) is 5.41 Å². The molecule has 0 spiro atoms. The number of hydrogen-bond donors (Lipinski definition) is 1. The van der Waals surface area contributed by atoms with Gasteiger partial charge in [0.1, 0.15) is 0 Å². The SMILES string of the molecule is COc1cc(C=C2CC3C4CCC5CC(O)CCC5(C)C4CCC3(C)C2=O)cc2c1OCO2. The molecule has 6 rings (SSSR count). The van der Waals surface area contributed by atoms with Crippen molar-refractivity contribution in [2.75, 3.05) is 13.9 Å². The summed E-state index contributed by atoms with van der Waals surface area (Å²) in [6.45, 7) is 4.93. The number of ether oxygens (including phenoxy) is 3. The summed E-state index contributed by atoms with van der Waals surface area (Å²) in [7, 11) is 1.63. The maximum absolute atomic E-state index is 13.7. The van der Waals surface area contributed by atoms with Crippen LogP contribution in [0.4, 0.5) is 0 Å². The normalized spacial score (nSPS) is 42.6. The summed E-state index contributed by atoms with van der Waals surface area (Å²) in [5, 5.41) is 10.3. The van der Waals surface area contributed by atoms with E-state index in [1.807, 2.05) is 12.1 Å². The molecule has 7 unspecified atom stereocenters. The fourth-order valence-electron chi connectivity index (χ4n) is 8.47. The summed E-state index contributed by atoms with van der Waals surface area (Å²) in [4.78, 5) is 13.7. The standard InChI is InChI=1S/C28H36O5/c1-27-8-6-19(29)14-18(27)4-5-20-21(27)7-9-28(2)22(20)13-17(26(28)30)10-16-11-23(31-3)25-24(12-16)32-15-33-25/h10-12,18-22,29H,4-9,13-15H2,1-3H3. The number of methoxy groups -OCH3 is 1. The summed E-state index contributed by atoms with van der Waals surface area (Å²) in [6, 6.07) is 3.90. The largest absolute Gasteiger partial charge is 0.493 e. The molecule has 7 atom stereocenters. The summed E-state index contributed by atoms with van der Waals surface area (Å²) < 4.78 is 16.6. The fourth-order valence-corrected chi connectivity index (χ4v) is 8.47. The summed E-state index contributed by atoms with van der Waals surface area (Å²) in [6.07, 6.45) is 10.4. The van der Waals surface area contributed by atoms with E-state index in [1.165, 1.54) is 12.8 Å². The highest BCUT2D eigenvalue weighted by Gasteiger charge is 2.61. The zero-order chi connectivity index (χ0) is 23.0. The number of carbonyl (C=O) groups excluding carboxylic acids is 1. The number of benzene rings is 1. The number of Topliss-reactive ketones (excluding diaryl/α,β-unsaturated/α-hetero) is 1. The number of allylic oxidation sites excluding steroid dienone is 1. The Kier molecular flexibility index (Phi) is 4.89. The highest BCUT2D eigenvalue weighted by molar-refractivity contribution is 6.06. The van der Waals surface area contributed by atoms with Crippen molar-refractivity contribution in [1.82, 2.24) is 0 Å². The van der Waals surface area contributed by atoms with Gasteiger partial charge in [-0.05, 0) is 110 Å². The van der Waals surface area contributed by atoms with Gasteiger partial charge in [-0.1, -0.05) is 13.8 Å². The van der Waals surface area contributed by atoms with Gasteiger partial charge in [-0.2, -0.15) is 0 Å². The molecule has 0 aromatic heterocycles. The second-order valence-corrected chi connectivity index (χ2v) is 11.7. The van der Waals surface area contributed by atoms with Crippen LogP contribution in [0.1, 0.15) is 70.8 Å². The molecule has 5 heteroatoms. The van der Waals surface area contributed by atoms with Gasteiger partial charge in [0.05, 0.1) is 13.2 Å². The lowest BCUT2D eigenvalue weighted by atomic mass is 9.45. The minimum atomic E-state index is -0.245. The Balaban J connectivity index is 1.31. The fraction of sp³-hybridized carbons (Fsp3) is 0.679. The topological polar surface area (TPSA) is 65.0 Å². The maximum Gasteiger partial charge on any atom is 0.231 e. The highest BCUT2D eigenvalue weighted by atomic mass is 16.7. The van der Waals surface area contributed by atoms with Crippen molar-refractivity contribution in [3.8, 4) is 17.2 Å². The van der Waals surface area contributed by atoms with Gasteiger partial charge in [-0.25, -0.2) is 0 Å². The van der Waals surface area contributed by atoms with E-state index in [0.29, 0.717) is 52.1 Å². The lowest BCUT2D eigenvalue weighted by molar-refractivity contribution is -0.141. The van der Waals surface area contributed by atoms with E-state index in [0.717, 1.165) is 49.7 Å². The van der Waals surface area contributed by atoms with E-state index in [-0.39, 0.29) is 18.3 Å². The third kappa shape index (κ3) is 3.10. The third-order valence-electron chi connectivity index (χ3n) is 10.3. The van der Waals surface area contributed by atoms with E-state index in [9.17, 15) is 9.90 Å². The zero-order valence-electron chi connectivity index (χ0n) is 20.1. The first-order chi connectivity index (χ1) is 15.8. The number of carbonyl (C=O) groups is 1. The lowest BCUT2D eigenvalue weighted by Crippen LogP contribution is -2.54. The molecular weight excluding hydrogens is 416 g/mol. The molecule has 1 aromatic rings. The smallest absolute Gasteiger partial charge is 0.231 e. The third-order valence-corrected chi connectivity index (χ3v) is 10.3. The minimum Gasteiger partial charge on any atom is -0.493 e.